The second kappa shape index (κ2) is 6.03. The molecular formula is C18H30O2Si. The van der Waals surface area contributed by atoms with Gasteiger partial charge in [-0.1, -0.05) is 13.8 Å². The zero-order valence-corrected chi connectivity index (χ0v) is 15.5. The molecule has 1 atom stereocenters. The molecule has 0 fully saturated rings. The summed E-state index contributed by atoms with van der Waals surface area (Å²) in [5.74, 6) is 2.92. The van der Waals surface area contributed by atoms with Crippen molar-refractivity contribution in [2.45, 2.75) is 71.5 Å². The Hall–Kier alpha value is -0.963. The fourth-order valence-corrected chi connectivity index (χ4v) is 4.14. The van der Waals surface area contributed by atoms with Gasteiger partial charge in [0.2, 0.25) is 8.32 Å². The van der Waals surface area contributed by atoms with Gasteiger partial charge in [0, 0.05) is 11.8 Å². The third-order valence-electron chi connectivity index (χ3n) is 3.93. The number of allylic oxidation sites excluding steroid dienone is 2. The molecule has 3 heteroatoms. The van der Waals surface area contributed by atoms with E-state index in [1.54, 1.807) is 0 Å². The highest BCUT2D eigenvalue weighted by Gasteiger charge is 2.34. The third-order valence-corrected chi connectivity index (χ3v) is 4.81. The Labute approximate surface area is 130 Å². The molecule has 0 aliphatic heterocycles. The van der Waals surface area contributed by atoms with E-state index in [1.165, 1.54) is 12.0 Å². The Kier molecular flexibility index (Phi) is 4.71. The molecule has 0 spiro atoms. The van der Waals surface area contributed by atoms with Crippen molar-refractivity contribution >= 4 is 8.32 Å². The van der Waals surface area contributed by atoms with Gasteiger partial charge in [0.25, 0.3) is 0 Å². The lowest BCUT2D eigenvalue weighted by Crippen LogP contribution is -2.29. The van der Waals surface area contributed by atoms with E-state index in [9.17, 15) is 0 Å². The number of furan rings is 1. The maximum atomic E-state index is 6.37. The minimum Gasteiger partial charge on any atom is -0.548 e. The average molecular weight is 307 g/mol. The van der Waals surface area contributed by atoms with Crippen LogP contribution in [0.3, 0.4) is 0 Å². The molecule has 2 rings (SSSR count). The molecule has 0 saturated heterocycles. The Morgan fingerprint density at radius 2 is 2.14 bits per heavy atom. The highest BCUT2D eigenvalue weighted by atomic mass is 28.4. The molecular weight excluding hydrogens is 276 g/mol. The summed E-state index contributed by atoms with van der Waals surface area (Å²) in [6.45, 7) is 13.6. The van der Waals surface area contributed by atoms with Gasteiger partial charge in [0.05, 0.1) is 12.0 Å². The molecule has 1 unspecified atom stereocenters. The predicted octanol–water partition coefficient (Wildman–Crippen LogP) is 5.66. The van der Waals surface area contributed by atoms with E-state index in [0.29, 0.717) is 5.92 Å². The molecule has 21 heavy (non-hydrogen) atoms. The van der Waals surface area contributed by atoms with Crippen molar-refractivity contribution in [2.75, 3.05) is 0 Å². The first-order valence-corrected chi connectivity index (χ1v) is 11.6. The lowest BCUT2D eigenvalue weighted by molar-refractivity contribution is 0.332. The fourth-order valence-electron chi connectivity index (χ4n) is 3.21. The standard InChI is InChI=1S/C18H30O2Si/c1-14(2)12-16(20-21(4,5)6)13-18(3)10-7-8-15-9-11-19-17(15)18/h9,11,13-14H,7-8,10,12H2,1-6H3/b16-13+. The van der Waals surface area contributed by atoms with Crippen molar-refractivity contribution in [1.29, 1.82) is 0 Å². The van der Waals surface area contributed by atoms with Gasteiger partial charge in [0.15, 0.2) is 0 Å². The molecule has 0 N–H and O–H groups in total. The van der Waals surface area contributed by atoms with E-state index in [0.717, 1.165) is 30.8 Å². The molecule has 1 aromatic heterocycles. The SMILES string of the molecule is CC(C)C/C(=C\C1(C)CCCc2ccoc21)O[Si](C)(C)C. The molecule has 2 nitrogen and oxygen atoms in total. The van der Waals surface area contributed by atoms with Crippen molar-refractivity contribution < 1.29 is 8.84 Å². The maximum absolute atomic E-state index is 6.37. The largest absolute Gasteiger partial charge is 0.548 e. The summed E-state index contributed by atoms with van der Waals surface area (Å²) in [6.07, 6.45) is 8.71. The summed E-state index contributed by atoms with van der Waals surface area (Å²) in [7, 11) is -1.58. The van der Waals surface area contributed by atoms with E-state index in [2.05, 4.69) is 52.6 Å². The molecule has 0 radical (unpaired) electrons. The Morgan fingerprint density at radius 1 is 1.43 bits per heavy atom. The van der Waals surface area contributed by atoms with Crippen LogP contribution in [0.5, 0.6) is 0 Å². The van der Waals surface area contributed by atoms with Gasteiger partial charge in [-0.2, -0.15) is 0 Å². The lowest BCUT2D eigenvalue weighted by Gasteiger charge is -2.32. The summed E-state index contributed by atoms with van der Waals surface area (Å²) in [6, 6.07) is 2.13. The van der Waals surface area contributed by atoms with Crippen molar-refractivity contribution in [3.63, 3.8) is 0 Å². The van der Waals surface area contributed by atoms with Crippen LogP contribution in [0.25, 0.3) is 0 Å². The zero-order chi connectivity index (χ0) is 15.7. The second-order valence-corrected chi connectivity index (χ2v) is 12.4. The Balaban J connectivity index is 2.33. The summed E-state index contributed by atoms with van der Waals surface area (Å²) < 4.78 is 12.2. The summed E-state index contributed by atoms with van der Waals surface area (Å²) in [5.41, 5.74) is 1.36. The van der Waals surface area contributed by atoms with Crippen LogP contribution in [0.2, 0.25) is 19.6 Å². The second-order valence-electron chi connectivity index (χ2n) is 7.97. The topological polar surface area (TPSA) is 22.4 Å². The van der Waals surface area contributed by atoms with Gasteiger partial charge >= 0.3 is 0 Å². The van der Waals surface area contributed by atoms with Gasteiger partial charge in [-0.3, -0.25) is 0 Å². The molecule has 1 heterocycles. The van der Waals surface area contributed by atoms with Crippen molar-refractivity contribution in [1.82, 2.24) is 0 Å². The van der Waals surface area contributed by atoms with Crippen LogP contribution in [-0.2, 0) is 16.3 Å². The normalized spacial score (nSPS) is 23.3. The smallest absolute Gasteiger partial charge is 0.241 e. The third kappa shape index (κ3) is 4.25. The summed E-state index contributed by atoms with van der Waals surface area (Å²) in [5, 5.41) is 0. The molecule has 1 aliphatic rings. The highest BCUT2D eigenvalue weighted by Crippen LogP contribution is 2.40. The van der Waals surface area contributed by atoms with Crippen LogP contribution in [-0.4, -0.2) is 8.32 Å². The van der Waals surface area contributed by atoms with Crippen LogP contribution >= 0.6 is 0 Å². The van der Waals surface area contributed by atoms with Gasteiger partial charge in [-0.15, -0.1) is 0 Å². The number of hydrogen-bond donors (Lipinski definition) is 0. The van der Waals surface area contributed by atoms with Crippen LogP contribution in [0, 0.1) is 5.92 Å². The minimum atomic E-state index is -1.58. The highest BCUT2D eigenvalue weighted by molar-refractivity contribution is 6.70. The lowest BCUT2D eigenvalue weighted by atomic mass is 9.75. The Morgan fingerprint density at radius 3 is 2.76 bits per heavy atom. The quantitative estimate of drug-likeness (QED) is 0.517. The molecule has 118 valence electrons. The fraction of sp³-hybridized carbons (Fsp3) is 0.667. The van der Waals surface area contributed by atoms with Gasteiger partial charge in [-0.25, -0.2) is 0 Å². The van der Waals surface area contributed by atoms with E-state index in [-0.39, 0.29) is 5.41 Å². The molecule has 1 aliphatic carbocycles. The molecule has 0 bridgehead atoms. The first-order chi connectivity index (χ1) is 9.70. The molecule has 1 aromatic rings. The zero-order valence-electron chi connectivity index (χ0n) is 14.5. The van der Waals surface area contributed by atoms with Crippen LogP contribution in [0.4, 0.5) is 0 Å². The van der Waals surface area contributed by atoms with E-state index in [1.807, 2.05) is 6.26 Å². The number of aryl methyl sites for hydroxylation is 1. The summed E-state index contributed by atoms with van der Waals surface area (Å²) in [4.78, 5) is 0. The molecule has 0 amide bonds. The monoisotopic (exact) mass is 306 g/mol. The predicted molar refractivity (Wildman–Crippen MR) is 91.0 cm³/mol. The summed E-state index contributed by atoms with van der Waals surface area (Å²) >= 11 is 0. The molecule has 0 aromatic carbocycles. The average Bonchev–Trinajstić information content (AvgIpc) is 2.74. The number of rotatable bonds is 5. The van der Waals surface area contributed by atoms with E-state index in [4.69, 9.17) is 8.84 Å². The Bertz CT molecular complexity index is 508. The van der Waals surface area contributed by atoms with Crippen molar-refractivity contribution in [2.24, 2.45) is 5.92 Å². The minimum absolute atomic E-state index is 0.0129. The van der Waals surface area contributed by atoms with E-state index >= 15 is 0 Å². The number of fused-ring (bicyclic) bond motifs is 1. The van der Waals surface area contributed by atoms with Gasteiger partial charge in [0.1, 0.15) is 5.76 Å². The maximum Gasteiger partial charge on any atom is 0.241 e. The van der Waals surface area contributed by atoms with Gasteiger partial charge < -0.3 is 8.84 Å². The molecule has 0 saturated carbocycles. The van der Waals surface area contributed by atoms with Crippen molar-refractivity contribution in [3.05, 3.63) is 35.5 Å². The van der Waals surface area contributed by atoms with Crippen molar-refractivity contribution in [3.8, 4) is 0 Å². The van der Waals surface area contributed by atoms with Crippen LogP contribution < -0.4 is 0 Å². The van der Waals surface area contributed by atoms with Gasteiger partial charge in [-0.05, 0) is 69.5 Å². The van der Waals surface area contributed by atoms with E-state index < -0.39 is 8.32 Å². The number of hydrogen-bond acceptors (Lipinski definition) is 2. The van der Waals surface area contributed by atoms with Crippen LogP contribution in [0.15, 0.2) is 28.6 Å². The van der Waals surface area contributed by atoms with Crippen LogP contribution in [0.1, 0.15) is 51.4 Å². The first-order valence-electron chi connectivity index (χ1n) is 8.17. The first kappa shape index (κ1) is 16.4.